The molecule has 2 N–H and O–H groups in total. The van der Waals surface area contributed by atoms with Gasteiger partial charge in [0.05, 0.1) is 24.8 Å². The largest absolute Gasteiger partial charge is 0.487 e. The topological polar surface area (TPSA) is 106 Å². The molecule has 170 valence electrons. The van der Waals surface area contributed by atoms with Crippen LogP contribution in [0.3, 0.4) is 0 Å². The van der Waals surface area contributed by atoms with Crippen molar-refractivity contribution < 1.29 is 18.8 Å². The number of non-ortho nitro benzene ring substituents is 1. The Hall–Kier alpha value is -2.81. The third-order valence-electron chi connectivity index (χ3n) is 4.25. The van der Waals surface area contributed by atoms with E-state index in [4.69, 9.17) is 4.74 Å². The number of carbonyl (C=O) groups is 1. The van der Waals surface area contributed by atoms with Gasteiger partial charge in [0.25, 0.3) is 11.6 Å². The third kappa shape index (κ3) is 7.63. The van der Waals surface area contributed by atoms with Gasteiger partial charge in [-0.3, -0.25) is 14.9 Å². The van der Waals surface area contributed by atoms with Gasteiger partial charge >= 0.3 is 0 Å². The molecule has 0 aliphatic heterocycles. The molecule has 0 fully saturated rings. The molecular weight excluding hydrogens is 657 g/mol. The quantitative estimate of drug-likeness (QED) is 0.143. The van der Waals surface area contributed by atoms with Crippen molar-refractivity contribution in [1.29, 1.82) is 0 Å². The van der Waals surface area contributed by atoms with E-state index < -0.39 is 4.92 Å². The van der Waals surface area contributed by atoms with Gasteiger partial charge in [-0.25, -0.2) is 9.82 Å². The van der Waals surface area contributed by atoms with Crippen LogP contribution in [0.25, 0.3) is 0 Å². The van der Waals surface area contributed by atoms with Crippen molar-refractivity contribution in [3.8, 4) is 5.75 Å². The summed E-state index contributed by atoms with van der Waals surface area (Å²) in [6, 6.07) is 15.6. The SMILES string of the molecule is O=C(CNc1ccc(F)cc1)N/N=C\c1cc(I)c(OCc2ccc([N+](=O)[O-])cc2)c(I)c1. The number of hydrogen-bond donors (Lipinski definition) is 2. The summed E-state index contributed by atoms with van der Waals surface area (Å²) in [7, 11) is 0. The predicted molar refractivity (Wildman–Crippen MR) is 140 cm³/mol. The Morgan fingerprint density at radius 3 is 2.33 bits per heavy atom. The van der Waals surface area contributed by atoms with Crippen LogP contribution in [0.1, 0.15) is 11.1 Å². The number of ether oxygens (including phenoxy) is 1. The van der Waals surface area contributed by atoms with E-state index in [1.165, 1.54) is 30.5 Å². The average Bonchev–Trinajstić information content (AvgIpc) is 2.78. The molecule has 0 bridgehead atoms. The van der Waals surface area contributed by atoms with E-state index in [1.807, 2.05) is 12.1 Å². The number of nitrogens with zero attached hydrogens (tertiary/aromatic N) is 2. The molecule has 8 nitrogen and oxygen atoms in total. The molecule has 11 heteroatoms. The number of halogens is 3. The normalized spacial score (nSPS) is 10.8. The van der Waals surface area contributed by atoms with Crippen LogP contribution in [-0.4, -0.2) is 23.6 Å². The molecule has 0 radical (unpaired) electrons. The average molecular weight is 674 g/mol. The highest BCUT2D eigenvalue weighted by molar-refractivity contribution is 14.1. The highest BCUT2D eigenvalue weighted by Gasteiger charge is 2.10. The Labute approximate surface area is 216 Å². The first-order valence-corrected chi connectivity index (χ1v) is 11.6. The summed E-state index contributed by atoms with van der Waals surface area (Å²) in [5, 5.41) is 17.6. The number of nitro benzene ring substituents is 1. The highest BCUT2D eigenvalue weighted by Crippen LogP contribution is 2.29. The molecule has 0 spiro atoms. The molecule has 3 aromatic carbocycles. The molecule has 0 saturated carbocycles. The Kier molecular flexibility index (Phi) is 8.94. The fourth-order valence-corrected chi connectivity index (χ4v) is 4.76. The standard InChI is InChI=1S/C22H17FI2N4O4/c23-16-3-5-17(6-4-16)26-12-21(30)28-27-11-15-9-19(24)22(20(25)10-15)33-13-14-1-7-18(8-2-14)29(31)32/h1-11,26H,12-13H2,(H,28,30)/b27-11-. The van der Waals surface area contributed by atoms with Crippen molar-refractivity contribution in [3.63, 3.8) is 0 Å². The first-order valence-electron chi connectivity index (χ1n) is 9.48. The summed E-state index contributed by atoms with van der Waals surface area (Å²) in [4.78, 5) is 22.2. The maximum atomic E-state index is 12.9. The van der Waals surface area contributed by atoms with Gasteiger partial charge in [0, 0.05) is 17.8 Å². The smallest absolute Gasteiger partial charge is 0.269 e. The summed E-state index contributed by atoms with van der Waals surface area (Å²) in [5.74, 6) is 0.00360. The number of carbonyl (C=O) groups excluding carboxylic acids is 1. The Bertz CT molecular complexity index is 1150. The van der Waals surface area contributed by atoms with Crippen molar-refractivity contribution in [1.82, 2.24) is 5.43 Å². The van der Waals surface area contributed by atoms with Crippen molar-refractivity contribution >= 4 is 68.7 Å². The number of hydrogen-bond acceptors (Lipinski definition) is 6. The van der Waals surface area contributed by atoms with Crippen molar-refractivity contribution in [3.05, 3.63) is 94.9 Å². The minimum absolute atomic E-state index is 0.00649. The van der Waals surface area contributed by atoms with Gasteiger partial charge in [0.2, 0.25) is 0 Å². The first-order chi connectivity index (χ1) is 15.8. The van der Waals surface area contributed by atoms with E-state index in [1.54, 1.807) is 24.3 Å². The molecule has 1 amide bonds. The van der Waals surface area contributed by atoms with Crippen LogP contribution in [0.4, 0.5) is 15.8 Å². The zero-order valence-electron chi connectivity index (χ0n) is 16.9. The zero-order chi connectivity index (χ0) is 23.8. The second kappa shape index (κ2) is 11.9. The van der Waals surface area contributed by atoms with Crippen LogP contribution in [0.5, 0.6) is 5.75 Å². The number of benzene rings is 3. The number of rotatable bonds is 9. The fourth-order valence-electron chi connectivity index (χ4n) is 2.63. The number of nitrogens with one attached hydrogen (secondary N) is 2. The first kappa shape index (κ1) is 24.8. The summed E-state index contributed by atoms with van der Waals surface area (Å²) < 4.78 is 20.5. The minimum Gasteiger partial charge on any atom is -0.487 e. The number of anilines is 1. The molecule has 3 rings (SSSR count). The third-order valence-corrected chi connectivity index (χ3v) is 5.85. The van der Waals surface area contributed by atoms with Gasteiger partial charge in [-0.15, -0.1) is 0 Å². The number of nitro groups is 1. The lowest BCUT2D eigenvalue weighted by molar-refractivity contribution is -0.384. The molecule has 0 aromatic heterocycles. The van der Waals surface area contributed by atoms with E-state index in [0.717, 1.165) is 18.3 Å². The van der Waals surface area contributed by atoms with Crippen LogP contribution in [0.2, 0.25) is 0 Å². The van der Waals surface area contributed by atoms with E-state index in [0.29, 0.717) is 11.4 Å². The lowest BCUT2D eigenvalue weighted by atomic mass is 10.2. The minimum atomic E-state index is -0.443. The summed E-state index contributed by atoms with van der Waals surface area (Å²) in [6.07, 6.45) is 1.53. The second-order valence-corrected chi connectivity index (χ2v) is 9.00. The lowest BCUT2D eigenvalue weighted by Crippen LogP contribution is -2.25. The molecule has 0 heterocycles. The molecule has 0 aliphatic carbocycles. The van der Waals surface area contributed by atoms with Gasteiger partial charge in [-0.05, 0) is 105 Å². The molecule has 33 heavy (non-hydrogen) atoms. The van der Waals surface area contributed by atoms with E-state index in [2.05, 4.69) is 61.0 Å². The maximum absolute atomic E-state index is 12.9. The van der Waals surface area contributed by atoms with Gasteiger partial charge < -0.3 is 10.1 Å². The van der Waals surface area contributed by atoms with E-state index >= 15 is 0 Å². The Morgan fingerprint density at radius 2 is 1.73 bits per heavy atom. The van der Waals surface area contributed by atoms with Crippen LogP contribution in [-0.2, 0) is 11.4 Å². The van der Waals surface area contributed by atoms with Gasteiger partial charge in [-0.1, -0.05) is 0 Å². The monoisotopic (exact) mass is 674 g/mol. The van der Waals surface area contributed by atoms with Crippen LogP contribution < -0.4 is 15.5 Å². The second-order valence-electron chi connectivity index (χ2n) is 6.68. The number of amides is 1. The number of hydrazone groups is 1. The van der Waals surface area contributed by atoms with Crippen LogP contribution >= 0.6 is 45.2 Å². The van der Waals surface area contributed by atoms with Crippen LogP contribution in [0, 0.1) is 23.1 Å². The zero-order valence-corrected chi connectivity index (χ0v) is 21.2. The molecular formula is C22H17FI2N4O4. The van der Waals surface area contributed by atoms with Gasteiger partial charge in [0.15, 0.2) is 0 Å². The predicted octanol–water partition coefficient (Wildman–Crippen LogP) is 5.08. The lowest BCUT2D eigenvalue weighted by Gasteiger charge is -2.11. The van der Waals surface area contributed by atoms with Crippen molar-refractivity contribution in [2.75, 3.05) is 11.9 Å². The van der Waals surface area contributed by atoms with Crippen molar-refractivity contribution in [2.24, 2.45) is 5.10 Å². The van der Waals surface area contributed by atoms with Gasteiger partial charge in [-0.2, -0.15) is 5.10 Å². The maximum Gasteiger partial charge on any atom is 0.269 e. The van der Waals surface area contributed by atoms with Crippen molar-refractivity contribution in [2.45, 2.75) is 6.61 Å². The summed E-state index contributed by atoms with van der Waals surface area (Å²) in [6.45, 7) is 0.266. The molecule has 0 saturated heterocycles. The van der Waals surface area contributed by atoms with Gasteiger partial charge in [0.1, 0.15) is 18.2 Å². The van der Waals surface area contributed by atoms with Crippen LogP contribution in [0.15, 0.2) is 65.8 Å². The Balaban J connectivity index is 1.53. The fraction of sp³-hybridized carbons (Fsp3) is 0.0909. The Morgan fingerprint density at radius 1 is 1.09 bits per heavy atom. The highest BCUT2D eigenvalue weighted by atomic mass is 127. The van der Waals surface area contributed by atoms with E-state index in [-0.39, 0.29) is 30.6 Å². The molecule has 0 aliphatic rings. The summed E-state index contributed by atoms with van der Waals surface area (Å²) in [5.41, 5.74) is 4.69. The molecule has 0 atom stereocenters. The molecule has 3 aromatic rings. The van der Waals surface area contributed by atoms with E-state index in [9.17, 15) is 19.3 Å². The molecule has 0 unspecified atom stereocenters. The summed E-state index contributed by atoms with van der Waals surface area (Å²) >= 11 is 4.30.